The molecule has 1 saturated carbocycles. The minimum absolute atomic E-state index is 0.153. The van der Waals surface area contributed by atoms with E-state index in [0.29, 0.717) is 5.54 Å². The first kappa shape index (κ1) is 8.70. The number of hydrogen-bond acceptors (Lipinski definition) is 1. The van der Waals surface area contributed by atoms with Crippen LogP contribution >= 0.6 is 0 Å². The summed E-state index contributed by atoms with van der Waals surface area (Å²) < 4.78 is 12.8. The summed E-state index contributed by atoms with van der Waals surface area (Å²) >= 11 is 0. The Morgan fingerprint density at radius 1 is 1.46 bits per heavy atom. The van der Waals surface area contributed by atoms with E-state index in [-0.39, 0.29) is 5.82 Å². The summed E-state index contributed by atoms with van der Waals surface area (Å²) in [5.41, 5.74) is 1.35. The van der Waals surface area contributed by atoms with Crippen LogP contribution < -0.4 is 5.32 Å². The fourth-order valence-corrected chi connectivity index (χ4v) is 1.33. The molecule has 0 atom stereocenters. The summed E-state index contributed by atoms with van der Waals surface area (Å²) in [4.78, 5) is 0. The average Bonchev–Trinajstić information content (AvgIpc) is 2.82. The first-order valence-electron chi connectivity index (χ1n) is 4.67. The van der Waals surface area contributed by atoms with Gasteiger partial charge in [-0.25, -0.2) is 4.39 Å². The van der Waals surface area contributed by atoms with Gasteiger partial charge >= 0.3 is 0 Å². The normalized spacial score (nSPS) is 18.6. The van der Waals surface area contributed by atoms with Gasteiger partial charge in [-0.1, -0.05) is 12.1 Å². The zero-order valence-electron chi connectivity index (χ0n) is 7.81. The van der Waals surface area contributed by atoms with Gasteiger partial charge < -0.3 is 5.32 Å². The number of halogens is 1. The highest BCUT2D eigenvalue weighted by molar-refractivity contribution is 5.16. The summed E-state index contributed by atoms with van der Waals surface area (Å²) in [7, 11) is 0. The van der Waals surface area contributed by atoms with Crippen LogP contribution in [-0.2, 0) is 6.54 Å². The fraction of sp³-hybridized carbons (Fsp3) is 0.455. The summed E-state index contributed by atoms with van der Waals surface area (Å²) in [5, 5.41) is 3.41. The molecule has 70 valence electrons. The van der Waals surface area contributed by atoms with E-state index in [1.54, 1.807) is 12.1 Å². The molecule has 1 nitrogen and oxygen atoms in total. The molecule has 2 heteroatoms. The van der Waals surface area contributed by atoms with Crippen molar-refractivity contribution in [2.75, 3.05) is 0 Å². The topological polar surface area (TPSA) is 12.0 Å². The Bertz CT molecular complexity index is 305. The van der Waals surface area contributed by atoms with Crippen LogP contribution in [0.1, 0.15) is 25.3 Å². The van der Waals surface area contributed by atoms with Crippen LogP contribution in [0.5, 0.6) is 0 Å². The Hall–Kier alpha value is -0.890. The zero-order chi connectivity index (χ0) is 9.31. The highest BCUT2D eigenvalue weighted by Gasteiger charge is 2.36. The molecule has 0 amide bonds. The SMILES string of the molecule is CC1(NCc2cccc(F)c2)CC1. The Kier molecular flexibility index (Phi) is 2.08. The molecule has 1 aliphatic rings. The Balaban J connectivity index is 1.94. The molecular formula is C11H14FN. The molecule has 0 aliphatic heterocycles. The summed E-state index contributed by atoms with van der Waals surface area (Å²) in [6, 6.07) is 6.75. The van der Waals surface area contributed by atoms with Crippen molar-refractivity contribution in [1.82, 2.24) is 5.32 Å². The van der Waals surface area contributed by atoms with Crippen LogP contribution in [0.4, 0.5) is 4.39 Å². The molecule has 13 heavy (non-hydrogen) atoms. The molecule has 1 fully saturated rings. The second kappa shape index (κ2) is 3.11. The van der Waals surface area contributed by atoms with E-state index in [1.807, 2.05) is 6.07 Å². The lowest BCUT2D eigenvalue weighted by atomic mass is 10.2. The largest absolute Gasteiger partial charge is 0.307 e. The lowest BCUT2D eigenvalue weighted by molar-refractivity contribution is 0.535. The molecule has 1 aromatic rings. The molecule has 1 aromatic carbocycles. The van der Waals surface area contributed by atoms with Crippen LogP contribution in [0.2, 0.25) is 0 Å². The van der Waals surface area contributed by atoms with Crippen molar-refractivity contribution in [2.24, 2.45) is 0 Å². The van der Waals surface area contributed by atoms with Crippen molar-refractivity contribution in [3.63, 3.8) is 0 Å². The molecule has 1 N–H and O–H groups in total. The molecule has 0 radical (unpaired) electrons. The van der Waals surface area contributed by atoms with Gasteiger partial charge in [0, 0.05) is 12.1 Å². The summed E-state index contributed by atoms with van der Waals surface area (Å²) in [5.74, 6) is -0.153. The molecule has 0 heterocycles. The number of hydrogen-bond donors (Lipinski definition) is 1. The van der Waals surface area contributed by atoms with Gasteiger partial charge in [0.1, 0.15) is 5.82 Å². The third kappa shape index (κ3) is 2.28. The van der Waals surface area contributed by atoms with E-state index in [1.165, 1.54) is 18.9 Å². The Labute approximate surface area is 78.0 Å². The monoisotopic (exact) mass is 179 g/mol. The Morgan fingerprint density at radius 2 is 2.23 bits per heavy atom. The van der Waals surface area contributed by atoms with Gasteiger partial charge in [-0.05, 0) is 37.5 Å². The van der Waals surface area contributed by atoms with Crippen molar-refractivity contribution >= 4 is 0 Å². The minimum Gasteiger partial charge on any atom is -0.307 e. The van der Waals surface area contributed by atoms with Crippen LogP contribution in [0.3, 0.4) is 0 Å². The second-order valence-electron chi connectivity index (χ2n) is 4.04. The van der Waals surface area contributed by atoms with Crippen molar-refractivity contribution in [1.29, 1.82) is 0 Å². The van der Waals surface area contributed by atoms with Gasteiger partial charge in [-0.3, -0.25) is 0 Å². The first-order valence-corrected chi connectivity index (χ1v) is 4.67. The molecule has 2 rings (SSSR count). The number of rotatable bonds is 3. The van der Waals surface area contributed by atoms with Gasteiger partial charge in [0.05, 0.1) is 0 Å². The smallest absolute Gasteiger partial charge is 0.123 e. The van der Waals surface area contributed by atoms with E-state index in [0.717, 1.165) is 12.1 Å². The second-order valence-corrected chi connectivity index (χ2v) is 4.04. The number of nitrogens with one attached hydrogen (secondary N) is 1. The highest BCUT2D eigenvalue weighted by atomic mass is 19.1. The standard InChI is InChI=1S/C11H14FN/c1-11(5-6-11)13-8-9-3-2-4-10(12)7-9/h2-4,7,13H,5-6,8H2,1H3. The van der Waals surface area contributed by atoms with Gasteiger partial charge in [0.2, 0.25) is 0 Å². The molecule has 0 aromatic heterocycles. The number of benzene rings is 1. The molecular weight excluding hydrogens is 165 g/mol. The maximum absolute atomic E-state index is 12.8. The van der Waals surface area contributed by atoms with Gasteiger partial charge in [0.15, 0.2) is 0 Å². The Morgan fingerprint density at radius 3 is 2.85 bits per heavy atom. The van der Waals surface area contributed by atoms with Crippen LogP contribution in [0.15, 0.2) is 24.3 Å². The van der Waals surface area contributed by atoms with Gasteiger partial charge in [0.25, 0.3) is 0 Å². The minimum atomic E-state index is -0.153. The molecule has 0 bridgehead atoms. The maximum Gasteiger partial charge on any atom is 0.123 e. The van der Waals surface area contributed by atoms with E-state index in [9.17, 15) is 4.39 Å². The predicted molar refractivity (Wildman–Crippen MR) is 50.9 cm³/mol. The van der Waals surface area contributed by atoms with Crippen molar-refractivity contribution < 1.29 is 4.39 Å². The first-order chi connectivity index (χ1) is 6.18. The van der Waals surface area contributed by atoms with E-state index in [2.05, 4.69) is 12.2 Å². The van der Waals surface area contributed by atoms with E-state index >= 15 is 0 Å². The molecule has 0 saturated heterocycles. The van der Waals surface area contributed by atoms with Gasteiger partial charge in [-0.2, -0.15) is 0 Å². The molecule has 0 unspecified atom stereocenters. The van der Waals surface area contributed by atoms with Crippen molar-refractivity contribution in [2.45, 2.75) is 31.8 Å². The zero-order valence-corrected chi connectivity index (χ0v) is 7.81. The van der Waals surface area contributed by atoms with Crippen molar-refractivity contribution in [3.8, 4) is 0 Å². The van der Waals surface area contributed by atoms with E-state index in [4.69, 9.17) is 0 Å². The van der Waals surface area contributed by atoms with E-state index < -0.39 is 0 Å². The third-order valence-electron chi connectivity index (χ3n) is 2.61. The predicted octanol–water partition coefficient (Wildman–Crippen LogP) is 2.47. The maximum atomic E-state index is 12.8. The molecule has 0 spiro atoms. The lowest BCUT2D eigenvalue weighted by Crippen LogP contribution is -2.26. The van der Waals surface area contributed by atoms with Crippen LogP contribution in [0, 0.1) is 5.82 Å². The van der Waals surface area contributed by atoms with Crippen LogP contribution in [0.25, 0.3) is 0 Å². The lowest BCUT2D eigenvalue weighted by Gasteiger charge is -2.10. The van der Waals surface area contributed by atoms with Gasteiger partial charge in [-0.15, -0.1) is 0 Å². The fourth-order valence-electron chi connectivity index (χ4n) is 1.33. The van der Waals surface area contributed by atoms with Crippen LogP contribution in [-0.4, -0.2) is 5.54 Å². The quantitative estimate of drug-likeness (QED) is 0.751. The summed E-state index contributed by atoms with van der Waals surface area (Å²) in [6.07, 6.45) is 2.48. The highest BCUT2D eigenvalue weighted by Crippen LogP contribution is 2.34. The third-order valence-corrected chi connectivity index (χ3v) is 2.61. The van der Waals surface area contributed by atoms with Crippen molar-refractivity contribution in [3.05, 3.63) is 35.6 Å². The average molecular weight is 179 g/mol. The molecule has 1 aliphatic carbocycles. The summed E-state index contributed by atoms with van der Waals surface area (Å²) in [6.45, 7) is 2.97.